The largest absolute Gasteiger partial charge is 0.353 e. The Labute approximate surface area is 120 Å². The quantitative estimate of drug-likeness (QED) is 0.859. The number of carbonyl (C=O) groups is 3. The molecule has 2 fully saturated rings. The maximum atomic E-state index is 12.2. The monoisotopic (exact) mass is 293 g/mol. The number of hydrogen-bond donors (Lipinski definition) is 2. The highest BCUT2D eigenvalue weighted by atomic mass is 32.1. The van der Waals surface area contributed by atoms with Gasteiger partial charge in [0.2, 0.25) is 11.8 Å². The molecule has 7 heteroatoms. The first kappa shape index (κ1) is 13.1. The Hall–Kier alpha value is -1.89. The second-order valence-corrected chi connectivity index (χ2v) is 6.09. The molecule has 1 aromatic rings. The van der Waals surface area contributed by atoms with Crippen LogP contribution >= 0.6 is 11.3 Å². The number of nitrogens with one attached hydrogen (secondary N) is 2. The fourth-order valence-electron chi connectivity index (χ4n) is 2.06. The average molecular weight is 293 g/mol. The SMILES string of the molecule is O=C1CN(C(=O)c2ccc(NC(=O)C3CC3)s2)CCN1. The van der Waals surface area contributed by atoms with E-state index in [-0.39, 0.29) is 30.2 Å². The number of anilines is 1. The lowest BCUT2D eigenvalue weighted by molar-refractivity contribution is -0.123. The molecule has 1 aromatic heterocycles. The Kier molecular flexibility index (Phi) is 3.43. The van der Waals surface area contributed by atoms with Gasteiger partial charge in [0.1, 0.15) is 0 Å². The average Bonchev–Trinajstić information content (AvgIpc) is 3.19. The number of amides is 3. The van der Waals surface area contributed by atoms with Crippen molar-refractivity contribution in [2.75, 3.05) is 25.0 Å². The molecular formula is C13H15N3O3S. The van der Waals surface area contributed by atoms with Crippen LogP contribution in [0.3, 0.4) is 0 Å². The highest BCUT2D eigenvalue weighted by Crippen LogP contribution is 2.31. The molecule has 1 aliphatic heterocycles. The molecule has 2 aliphatic rings. The highest BCUT2D eigenvalue weighted by molar-refractivity contribution is 7.18. The minimum atomic E-state index is -0.156. The van der Waals surface area contributed by atoms with Gasteiger partial charge in [0, 0.05) is 19.0 Å². The minimum absolute atomic E-state index is 0.0307. The van der Waals surface area contributed by atoms with E-state index < -0.39 is 0 Å². The van der Waals surface area contributed by atoms with Gasteiger partial charge in [0.15, 0.2) is 0 Å². The standard InChI is InChI=1S/C13H15N3O3S/c17-10-7-16(6-5-14-10)13(19)9-3-4-11(20-9)15-12(18)8-1-2-8/h3-4,8H,1-2,5-7H2,(H,14,17)(H,15,18). The second kappa shape index (κ2) is 5.24. The first-order valence-electron chi connectivity index (χ1n) is 6.60. The number of nitrogens with zero attached hydrogens (tertiary/aromatic N) is 1. The van der Waals surface area contributed by atoms with Crippen molar-refractivity contribution in [1.29, 1.82) is 0 Å². The summed E-state index contributed by atoms with van der Waals surface area (Å²) in [6, 6.07) is 3.43. The van der Waals surface area contributed by atoms with Crippen molar-refractivity contribution in [2.24, 2.45) is 5.92 Å². The molecule has 0 bridgehead atoms. The molecule has 0 radical (unpaired) electrons. The number of hydrogen-bond acceptors (Lipinski definition) is 4. The Morgan fingerprint density at radius 2 is 2.15 bits per heavy atom. The van der Waals surface area contributed by atoms with E-state index in [9.17, 15) is 14.4 Å². The zero-order valence-corrected chi connectivity index (χ0v) is 11.7. The van der Waals surface area contributed by atoms with Gasteiger partial charge in [0.05, 0.1) is 16.4 Å². The fourth-order valence-corrected chi connectivity index (χ4v) is 2.93. The third kappa shape index (κ3) is 2.82. The lowest BCUT2D eigenvalue weighted by Crippen LogP contribution is -2.49. The maximum Gasteiger partial charge on any atom is 0.264 e. The van der Waals surface area contributed by atoms with E-state index in [0.717, 1.165) is 12.8 Å². The molecule has 0 atom stereocenters. The maximum absolute atomic E-state index is 12.2. The molecule has 0 aromatic carbocycles. The first-order valence-corrected chi connectivity index (χ1v) is 7.42. The van der Waals surface area contributed by atoms with Crippen LogP contribution in [0.15, 0.2) is 12.1 Å². The molecule has 106 valence electrons. The van der Waals surface area contributed by atoms with Crippen LogP contribution in [0.1, 0.15) is 22.5 Å². The van der Waals surface area contributed by atoms with Crippen LogP contribution < -0.4 is 10.6 Å². The third-order valence-electron chi connectivity index (χ3n) is 3.34. The number of thiophene rings is 1. The van der Waals surface area contributed by atoms with Gasteiger partial charge in [-0.15, -0.1) is 11.3 Å². The van der Waals surface area contributed by atoms with Gasteiger partial charge >= 0.3 is 0 Å². The molecular weight excluding hydrogens is 278 g/mol. The lowest BCUT2D eigenvalue weighted by atomic mass is 10.3. The molecule has 2 heterocycles. The molecule has 1 aliphatic carbocycles. The third-order valence-corrected chi connectivity index (χ3v) is 4.33. The van der Waals surface area contributed by atoms with E-state index in [4.69, 9.17) is 0 Å². The van der Waals surface area contributed by atoms with Crippen LogP contribution in [0.25, 0.3) is 0 Å². The van der Waals surface area contributed by atoms with Gasteiger partial charge in [-0.25, -0.2) is 0 Å². The molecule has 2 N–H and O–H groups in total. The fraction of sp³-hybridized carbons (Fsp3) is 0.462. The summed E-state index contributed by atoms with van der Waals surface area (Å²) in [4.78, 5) is 37.2. The molecule has 0 unspecified atom stereocenters. The molecule has 20 heavy (non-hydrogen) atoms. The van der Waals surface area contributed by atoms with E-state index in [1.54, 1.807) is 12.1 Å². The van der Waals surface area contributed by atoms with Gasteiger partial charge in [0.25, 0.3) is 5.91 Å². The first-order chi connectivity index (χ1) is 9.63. The van der Waals surface area contributed by atoms with E-state index in [1.165, 1.54) is 16.2 Å². The van der Waals surface area contributed by atoms with Crippen LogP contribution in [0.4, 0.5) is 5.00 Å². The number of rotatable bonds is 3. The van der Waals surface area contributed by atoms with E-state index in [2.05, 4.69) is 10.6 Å². The lowest BCUT2D eigenvalue weighted by Gasteiger charge is -2.26. The van der Waals surface area contributed by atoms with Crippen molar-refractivity contribution in [3.8, 4) is 0 Å². The molecule has 6 nitrogen and oxygen atoms in total. The molecule has 3 amide bonds. The number of piperazine rings is 1. The van der Waals surface area contributed by atoms with Crippen molar-refractivity contribution in [3.05, 3.63) is 17.0 Å². The Morgan fingerprint density at radius 1 is 1.35 bits per heavy atom. The van der Waals surface area contributed by atoms with Crippen LogP contribution in [0.5, 0.6) is 0 Å². The van der Waals surface area contributed by atoms with Crippen LogP contribution in [0, 0.1) is 5.92 Å². The van der Waals surface area contributed by atoms with Crippen molar-refractivity contribution < 1.29 is 14.4 Å². The summed E-state index contributed by atoms with van der Waals surface area (Å²) in [7, 11) is 0. The van der Waals surface area contributed by atoms with Crippen molar-refractivity contribution in [2.45, 2.75) is 12.8 Å². The molecule has 1 saturated heterocycles. The predicted octanol–water partition coefficient (Wildman–Crippen LogP) is 0.669. The predicted molar refractivity (Wildman–Crippen MR) is 74.6 cm³/mol. The second-order valence-electron chi connectivity index (χ2n) is 5.00. The summed E-state index contributed by atoms with van der Waals surface area (Å²) in [5, 5.41) is 6.19. The van der Waals surface area contributed by atoms with E-state index in [1.807, 2.05) is 0 Å². The van der Waals surface area contributed by atoms with Crippen molar-refractivity contribution in [1.82, 2.24) is 10.2 Å². The van der Waals surface area contributed by atoms with Gasteiger partial charge < -0.3 is 15.5 Å². The summed E-state index contributed by atoms with van der Waals surface area (Å²) < 4.78 is 0. The Morgan fingerprint density at radius 3 is 2.85 bits per heavy atom. The minimum Gasteiger partial charge on any atom is -0.353 e. The molecule has 1 saturated carbocycles. The van der Waals surface area contributed by atoms with Gasteiger partial charge in [-0.1, -0.05) is 0 Å². The Bertz CT molecular complexity index is 565. The molecule has 0 spiro atoms. The normalized spacial score (nSPS) is 18.6. The van der Waals surface area contributed by atoms with Crippen molar-refractivity contribution >= 4 is 34.1 Å². The van der Waals surface area contributed by atoms with Crippen LogP contribution in [-0.2, 0) is 9.59 Å². The van der Waals surface area contributed by atoms with Crippen LogP contribution in [-0.4, -0.2) is 42.3 Å². The Balaban J connectivity index is 1.64. The zero-order valence-electron chi connectivity index (χ0n) is 10.8. The van der Waals surface area contributed by atoms with E-state index >= 15 is 0 Å². The zero-order chi connectivity index (χ0) is 14.1. The smallest absolute Gasteiger partial charge is 0.264 e. The summed E-state index contributed by atoms with van der Waals surface area (Å²) >= 11 is 1.25. The molecule has 3 rings (SSSR count). The van der Waals surface area contributed by atoms with Crippen molar-refractivity contribution in [3.63, 3.8) is 0 Å². The summed E-state index contributed by atoms with van der Waals surface area (Å²) in [5.41, 5.74) is 0. The summed E-state index contributed by atoms with van der Waals surface area (Å²) in [5.74, 6) is -0.120. The summed E-state index contributed by atoms with van der Waals surface area (Å²) in [6.07, 6.45) is 1.90. The summed E-state index contributed by atoms with van der Waals surface area (Å²) in [6.45, 7) is 1.11. The van der Waals surface area contributed by atoms with Gasteiger partial charge in [-0.3, -0.25) is 14.4 Å². The van der Waals surface area contributed by atoms with Gasteiger partial charge in [-0.05, 0) is 25.0 Å². The van der Waals surface area contributed by atoms with Gasteiger partial charge in [-0.2, -0.15) is 0 Å². The topological polar surface area (TPSA) is 78.5 Å². The highest BCUT2D eigenvalue weighted by Gasteiger charge is 2.30. The van der Waals surface area contributed by atoms with E-state index in [0.29, 0.717) is 23.0 Å². The van der Waals surface area contributed by atoms with Crippen LogP contribution in [0.2, 0.25) is 0 Å². The number of carbonyl (C=O) groups excluding carboxylic acids is 3.